The van der Waals surface area contributed by atoms with Crippen molar-refractivity contribution < 1.29 is 14.6 Å². The van der Waals surface area contributed by atoms with E-state index in [0.29, 0.717) is 5.75 Å². The maximum absolute atomic E-state index is 10.4. The van der Waals surface area contributed by atoms with Gasteiger partial charge in [0.1, 0.15) is 5.75 Å². The van der Waals surface area contributed by atoms with Crippen LogP contribution in [0.25, 0.3) is 0 Å². The molecule has 1 aromatic carbocycles. The minimum absolute atomic E-state index is 0.168. The molecule has 82 valence electrons. The van der Waals surface area contributed by atoms with Gasteiger partial charge < -0.3 is 9.84 Å². The molecule has 0 bridgehead atoms. The Morgan fingerprint density at radius 2 is 2.27 bits per heavy atom. The van der Waals surface area contributed by atoms with Crippen LogP contribution in [-0.4, -0.2) is 23.9 Å². The van der Waals surface area contributed by atoms with Crippen molar-refractivity contribution in [3.05, 3.63) is 23.8 Å². The molecule has 1 N–H and O–H groups in total. The average Bonchev–Trinajstić information content (AvgIpc) is 2.17. The number of benzene rings is 1. The Hall–Kier alpha value is -1.16. The molecule has 0 aliphatic heterocycles. The highest BCUT2D eigenvalue weighted by atomic mass is 32.2. The van der Waals surface area contributed by atoms with Crippen molar-refractivity contribution in [2.45, 2.75) is 18.2 Å². The molecule has 0 saturated carbocycles. The van der Waals surface area contributed by atoms with Crippen LogP contribution in [0.15, 0.2) is 23.1 Å². The lowest BCUT2D eigenvalue weighted by Crippen LogP contribution is -1.96. The second-order valence-electron chi connectivity index (χ2n) is 3.15. The molecule has 0 aliphatic rings. The summed E-state index contributed by atoms with van der Waals surface area (Å²) in [5, 5.41) is 8.53. The van der Waals surface area contributed by atoms with Crippen LogP contribution in [0.2, 0.25) is 0 Å². The van der Waals surface area contributed by atoms with Gasteiger partial charge in [-0.15, -0.1) is 11.8 Å². The van der Waals surface area contributed by atoms with E-state index < -0.39 is 5.97 Å². The summed E-state index contributed by atoms with van der Waals surface area (Å²) in [6, 6.07) is 5.88. The van der Waals surface area contributed by atoms with E-state index >= 15 is 0 Å². The fourth-order valence-electron chi connectivity index (χ4n) is 1.15. The van der Waals surface area contributed by atoms with E-state index in [1.165, 1.54) is 11.8 Å². The lowest BCUT2D eigenvalue weighted by atomic mass is 10.2. The topological polar surface area (TPSA) is 46.5 Å². The average molecular weight is 226 g/mol. The van der Waals surface area contributed by atoms with Crippen LogP contribution in [0.1, 0.15) is 12.0 Å². The van der Waals surface area contributed by atoms with Crippen LogP contribution in [0.3, 0.4) is 0 Å². The first kappa shape index (κ1) is 11.9. The molecule has 0 saturated heterocycles. The number of hydrogen-bond donors (Lipinski definition) is 1. The second-order valence-corrected chi connectivity index (χ2v) is 4.28. The standard InChI is InChI=1S/C11H14O3S/c1-8-3-4-9(14-2)10(7-8)15-6-5-11(12)13/h3-4,7H,5-6H2,1-2H3,(H,12,13). The van der Waals surface area contributed by atoms with E-state index in [4.69, 9.17) is 9.84 Å². The molecule has 1 aromatic rings. The number of rotatable bonds is 5. The van der Waals surface area contributed by atoms with Crippen LogP contribution in [-0.2, 0) is 4.79 Å². The summed E-state index contributed by atoms with van der Waals surface area (Å²) in [4.78, 5) is 11.4. The third-order valence-electron chi connectivity index (χ3n) is 1.89. The number of carboxylic acid groups (broad SMARTS) is 1. The number of hydrogen-bond acceptors (Lipinski definition) is 3. The van der Waals surface area contributed by atoms with E-state index in [1.807, 2.05) is 25.1 Å². The summed E-state index contributed by atoms with van der Waals surface area (Å²) in [5.41, 5.74) is 1.15. The first-order chi connectivity index (χ1) is 7.13. The Morgan fingerprint density at radius 3 is 2.87 bits per heavy atom. The fraction of sp³-hybridized carbons (Fsp3) is 0.364. The fourth-order valence-corrected chi connectivity index (χ4v) is 2.20. The van der Waals surface area contributed by atoms with Gasteiger partial charge in [0.2, 0.25) is 0 Å². The zero-order chi connectivity index (χ0) is 11.3. The van der Waals surface area contributed by atoms with Crippen molar-refractivity contribution in [1.82, 2.24) is 0 Å². The van der Waals surface area contributed by atoms with Crippen LogP contribution in [0.4, 0.5) is 0 Å². The molecule has 0 amide bonds. The summed E-state index contributed by atoms with van der Waals surface area (Å²) < 4.78 is 5.19. The van der Waals surface area contributed by atoms with Gasteiger partial charge in [-0.2, -0.15) is 0 Å². The van der Waals surface area contributed by atoms with E-state index in [2.05, 4.69) is 0 Å². The number of aliphatic carboxylic acids is 1. The summed E-state index contributed by atoms with van der Waals surface area (Å²) in [6.45, 7) is 2.00. The highest BCUT2D eigenvalue weighted by molar-refractivity contribution is 7.99. The predicted molar refractivity (Wildman–Crippen MR) is 60.7 cm³/mol. The Bertz CT molecular complexity index is 350. The minimum atomic E-state index is -0.769. The third-order valence-corrected chi connectivity index (χ3v) is 2.93. The molecule has 0 fully saturated rings. The van der Waals surface area contributed by atoms with Crippen molar-refractivity contribution in [1.29, 1.82) is 0 Å². The number of methoxy groups -OCH3 is 1. The van der Waals surface area contributed by atoms with Crippen LogP contribution >= 0.6 is 11.8 Å². The quantitative estimate of drug-likeness (QED) is 0.784. The van der Waals surface area contributed by atoms with Crippen LogP contribution in [0, 0.1) is 6.92 Å². The molecule has 4 heteroatoms. The van der Waals surface area contributed by atoms with E-state index in [1.54, 1.807) is 7.11 Å². The molecular formula is C11H14O3S. The summed E-state index contributed by atoms with van der Waals surface area (Å²) in [6.07, 6.45) is 0.168. The second kappa shape index (κ2) is 5.66. The molecule has 15 heavy (non-hydrogen) atoms. The molecule has 0 spiro atoms. The SMILES string of the molecule is COc1ccc(C)cc1SCCC(=O)O. The highest BCUT2D eigenvalue weighted by Crippen LogP contribution is 2.30. The van der Waals surface area contributed by atoms with Gasteiger partial charge in [-0.05, 0) is 24.6 Å². The maximum Gasteiger partial charge on any atom is 0.304 e. The monoisotopic (exact) mass is 226 g/mol. The van der Waals surface area contributed by atoms with E-state index in [0.717, 1.165) is 16.2 Å². The van der Waals surface area contributed by atoms with Crippen LogP contribution < -0.4 is 4.74 Å². The van der Waals surface area contributed by atoms with E-state index in [9.17, 15) is 4.79 Å². The number of carboxylic acids is 1. The minimum Gasteiger partial charge on any atom is -0.496 e. The van der Waals surface area contributed by atoms with Gasteiger partial charge in [-0.25, -0.2) is 0 Å². The van der Waals surface area contributed by atoms with Gasteiger partial charge >= 0.3 is 5.97 Å². The summed E-state index contributed by atoms with van der Waals surface area (Å²) in [5.74, 6) is 0.597. The predicted octanol–water partition coefficient (Wildman–Crippen LogP) is 2.57. The largest absolute Gasteiger partial charge is 0.496 e. The molecule has 3 nitrogen and oxygen atoms in total. The van der Waals surface area contributed by atoms with Crippen molar-refractivity contribution in [2.24, 2.45) is 0 Å². The molecule has 0 unspecified atom stereocenters. The third kappa shape index (κ3) is 3.83. The Labute approximate surface area is 93.4 Å². The van der Waals surface area contributed by atoms with Gasteiger partial charge in [0.15, 0.2) is 0 Å². The number of thioether (sulfide) groups is 1. The number of aryl methyl sites for hydroxylation is 1. The molecule has 0 heterocycles. The van der Waals surface area contributed by atoms with Gasteiger partial charge in [0, 0.05) is 10.6 Å². The van der Waals surface area contributed by atoms with Crippen LogP contribution in [0.5, 0.6) is 5.75 Å². The Balaban J connectivity index is 2.65. The zero-order valence-corrected chi connectivity index (χ0v) is 9.63. The Morgan fingerprint density at radius 1 is 1.53 bits per heavy atom. The van der Waals surface area contributed by atoms with Crippen molar-refractivity contribution in [2.75, 3.05) is 12.9 Å². The molecule has 0 aliphatic carbocycles. The summed E-state index contributed by atoms with van der Waals surface area (Å²) >= 11 is 1.51. The van der Waals surface area contributed by atoms with Gasteiger partial charge in [-0.1, -0.05) is 6.07 Å². The first-order valence-corrected chi connectivity index (χ1v) is 5.61. The van der Waals surface area contributed by atoms with Crippen molar-refractivity contribution in [3.8, 4) is 5.75 Å². The molecule has 0 radical (unpaired) electrons. The van der Waals surface area contributed by atoms with Gasteiger partial charge in [0.25, 0.3) is 0 Å². The molecule has 0 aromatic heterocycles. The number of ether oxygens (including phenoxy) is 1. The smallest absolute Gasteiger partial charge is 0.304 e. The molecule has 1 rings (SSSR count). The molecule has 0 atom stereocenters. The first-order valence-electron chi connectivity index (χ1n) is 4.62. The van der Waals surface area contributed by atoms with Gasteiger partial charge in [0.05, 0.1) is 13.5 Å². The normalized spacial score (nSPS) is 10.0. The van der Waals surface area contributed by atoms with E-state index in [-0.39, 0.29) is 6.42 Å². The molecular weight excluding hydrogens is 212 g/mol. The lowest BCUT2D eigenvalue weighted by Gasteiger charge is -2.08. The highest BCUT2D eigenvalue weighted by Gasteiger charge is 2.05. The number of carbonyl (C=O) groups is 1. The lowest BCUT2D eigenvalue weighted by molar-refractivity contribution is -0.136. The Kier molecular flexibility index (Phi) is 4.49. The van der Waals surface area contributed by atoms with Gasteiger partial charge in [-0.3, -0.25) is 4.79 Å². The van der Waals surface area contributed by atoms with Crippen molar-refractivity contribution in [3.63, 3.8) is 0 Å². The summed E-state index contributed by atoms with van der Waals surface area (Å²) in [7, 11) is 1.62. The zero-order valence-electron chi connectivity index (χ0n) is 8.82. The van der Waals surface area contributed by atoms with Crippen molar-refractivity contribution >= 4 is 17.7 Å². The maximum atomic E-state index is 10.4.